The zero-order chi connectivity index (χ0) is 24.3. The molecule has 0 aromatic heterocycles. The molecule has 1 amide bonds. The number of piperazine rings is 1. The van der Waals surface area contributed by atoms with Crippen LogP contribution in [0.3, 0.4) is 0 Å². The van der Waals surface area contributed by atoms with Gasteiger partial charge in [0, 0.05) is 49.8 Å². The van der Waals surface area contributed by atoms with Gasteiger partial charge in [-0.3, -0.25) is 9.59 Å². The van der Waals surface area contributed by atoms with E-state index in [0.29, 0.717) is 41.6 Å². The molecule has 0 saturated carbocycles. The number of hydrogen-bond acceptors (Lipinski definition) is 7. The molecule has 10 heteroatoms. The number of carbonyl (C=O) groups is 2. The smallest absolute Gasteiger partial charge is 0.243 e. The van der Waals surface area contributed by atoms with E-state index in [1.807, 2.05) is 0 Å². The molecule has 0 unspecified atom stereocenters. The highest BCUT2D eigenvalue weighted by Crippen LogP contribution is 2.33. The molecular weight excluding hydrogens is 460 g/mol. The molecule has 4 rings (SSSR count). The van der Waals surface area contributed by atoms with E-state index in [1.54, 1.807) is 29.2 Å². The highest BCUT2D eigenvalue weighted by atomic mass is 32.2. The van der Waals surface area contributed by atoms with Crippen molar-refractivity contribution in [3.63, 3.8) is 0 Å². The van der Waals surface area contributed by atoms with Crippen LogP contribution in [0, 0.1) is 0 Å². The maximum atomic E-state index is 13.2. The van der Waals surface area contributed by atoms with Crippen molar-refractivity contribution in [2.45, 2.75) is 24.7 Å². The predicted molar refractivity (Wildman–Crippen MR) is 124 cm³/mol. The maximum absolute atomic E-state index is 13.2. The van der Waals surface area contributed by atoms with Crippen LogP contribution in [0.5, 0.6) is 17.2 Å². The van der Waals surface area contributed by atoms with Gasteiger partial charge in [0.2, 0.25) is 15.9 Å². The summed E-state index contributed by atoms with van der Waals surface area (Å²) in [5.41, 5.74) is 1.14. The number of Topliss-reactive ketones (excluding diaryl/α,β-unsaturated/α-hetero) is 1. The molecule has 0 atom stereocenters. The van der Waals surface area contributed by atoms with Crippen LogP contribution in [0.4, 0.5) is 0 Å². The fourth-order valence-electron chi connectivity index (χ4n) is 4.04. The van der Waals surface area contributed by atoms with Crippen molar-refractivity contribution >= 4 is 21.7 Å². The number of nitrogens with zero attached hydrogens (tertiary/aromatic N) is 2. The number of sulfonamides is 1. The van der Waals surface area contributed by atoms with Crippen molar-refractivity contribution in [2.24, 2.45) is 0 Å². The van der Waals surface area contributed by atoms with E-state index in [0.717, 1.165) is 6.42 Å². The predicted octanol–water partition coefficient (Wildman–Crippen LogP) is 2.13. The Labute approximate surface area is 199 Å². The van der Waals surface area contributed by atoms with Crippen LogP contribution in [0.2, 0.25) is 0 Å². The van der Waals surface area contributed by atoms with Gasteiger partial charge >= 0.3 is 0 Å². The summed E-state index contributed by atoms with van der Waals surface area (Å²) in [5, 5.41) is 0. The molecule has 9 nitrogen and oxygen atoms in total. The average molecular weight is 489 g/mol. The minimum Gasteiger partial charge on any atom is -0.496 e. The Balaban J connectivity index is 1.42. The zero-order valence-electron chi connectivity index (χ0n) is 19.3. The van der Waals surface area contributed by atoms with Gasteiger partial charge in [-0.05, 0) is 37.3 Å². The summed E-state index contributed by atoms with van der Waals surface area (Å²) in [4.78, 5) is 26.4. The van der Waals surface area contributed by atoms with Crippen LogP contribution in [0.25, 0.3) is 0 Å². The number of hydrogen-bond donors (Lipinski definition) is 0. The van der Waals surface area contributed by atoms with Gasteiger partial charge in [-0.2, -0.15) is 4.31 Å². The Morgan fingerprint density at radius 1 is 0.971 bits per heavy atom. The Morgan fingerprint density at radius 3 is 2.35 bits per heavy atom. The van der Waals surface area contributed by atoms with Crippen LogP contribution in [-0.4, -0.2) is 75.8 Å². The van der Waals surface area contributed by atoms with Crippen molar-refractivity contribution in [2.75, 3.05) is 46.5 Å². The Kier molecular flexibility index (Phi) is 7.08. The lowest BCUT2D eigenvalue weighted by atomic mass is 10.0. The second kappa shape index (κ2) is 10.0. The van der Waals surface area contributed by atoms with E-state index in [2.05, 4.69) is 0 Å². The van der Waals surface area contributed by atoms with E-state index in [-0.39, 0.29) is 49.2 Å². The van der Waals surface area contributed by atoms with Gasteiger partial charge in [-0.1, -0.05) is 0 Å². The van der Waals surface area contributed by atoms with Gasteiger partial charge in [-0.15, -0.1) is 0 Å². The number of rotatable bonds is 6. The third-order valence-corrected chi connectivity index (χ3v) is 7.87. The van der Waals surface area contributed by atoms with Gasteiger partial charge in [-0.25, -0.2) is 8.42 Å². The largest absolute Gasteiger partial charge is 0.496 e. The quantitative estimate of drug-likeness (QED) is 0.574. The maximum Gasteiger partial charge on any atom is 0.243 e. The first-order valence-electron chi connectivity index (χ1n) is 11.1. The molecule has 0 N–H and O–H groups in total. The fraction of sp³-hybridized carbons (Fsp3) is 0.417. The van der Waals surface area contributed by atoms with Crippen LogP contribution in [0.15, 0.2) is 41.3 Å². The molecule has 34 heavy (non-hydrogen) atoms. The van der Waals surface area contributed by atoms with E-state index in [4.69, 9.17) is 14.2 Å². The Morgan fingerprint density at radius 2 is 1.68 bits per heavy atom. The summed E-state index contributed by atoms with van der Waals surface area (Å²) in [6.45, 7) is 3.39. The van der Waals surface area contributed by atoms with E-state index in [1.165, 1.54) is 30.5 Å². The molecule has 0 spiro atoms. The number of methoxy groups -OCH3 is 1. The number of amides is 1. The molecule has 2 aromatic rings. The third-order valence-electron chi connectivity index (χ3n) is 5.98. The first-order valence-corrected chi connectivity index (χ1v) is 12.6. The molecule has 2 aliphatic heterocycles. The number of benzene rings is 2. The van der Waals surface area contributed by atoms with Crippen molar-refractivity contribution in [1.29, 1.82) is 0 Å². The lowest BCUT2D eigenvalue weighted by Gasteiger charge is -2.34. The second-order valence-corrected chi connectivity index (χ2v) is 10.1. The number of ketones is 1. The monoisotopic (exact) mass is 488 g/mol. The summed E-state index contributed by atoms with van der Waals surface area (Å²) in [6, 6.07) is 9.66. The third kappa shape index (κ3) is 5.02. The van der Waals surface area contributed by atoms with Crippen LogP contribution >= 0.6 is 0 Å². The van der Waals surface area contributed by atoms with Crippen LogP contribution in [0.1, 0.15) is 29.3 Å². The molecule has 2 aromatic carbocycles. The Bertz CT molecular complexity index is 1190. The molecule has 1 saturated heterocycles. The van der Waals surface area contributed by atoms with E-state index < -0.39 is 10.0 Å². The van der Waals surface area contributed by atoms with Crippen LogP contribution in [-0.2, 0) is 21.2 Å². The molecular formula is C24H28N2O7S. The normalized spacial score (nSPS) is 16.6. The Hall–Kier alpha value is -3.11. The molecule has 0 radical (unpaired) electrons. The summed E-state index contributed by atoms with van der Waals surface area (Å²) in [7, 11) is -2.23. The molecule has 2 aliphatic rings. The molecule has 0 aliphatic carbocycles. The summed E-state index contributed by atoms with van der Waals surface area (Å²) < 4.78 is 44.3. The second-order valence-electron chi connectivity index (χ2n) is 8.20. The summed E-state index contributed by atoms with van der Waals surface area (Å²) in [6.07, 6.45) is 0.802. The van der Waals surface area contributed by atoms with Crippen LogP contribution < -0.4 is 14.2 Å². The molecule has 1 fully saturated rings. The average Bonchev–Trinajstić information content (AvgIpc) is 3.09. The van der Waals surface area contributed by atoms with E-state index in [9.17, 15) is 18.0 Å². The van der Waals surface area contributed by atoms with Gasteiger partial charge in [0.25, 0.3) is 0 Å². The first-order chi connectivity index (χ1) is 16.3. The van der Waals surface area contributed by atoms with Gasteiger partial charge in [0.05, 0.1) is 31.6 Å². The molecule has 182 valence electrons. The SMILES string of the molecule is COc1ccc(C(C)=O)cc1CC(=O)N1CCN(S(=O)(=O)c2ccc3c(c2)OCCCO3)CC1. The van der Waals surface area contributed by atoms with Crippen molar-refractivity contribution in [3.8, 4) is 17.2 Å². The van der Waals surface area contributed by atoms with Crippen molar-refractivity contribution in [3.05, 3.63) is 47.5 Å². The van der Waals surface area contributed by atoms with Gasteiger partial charge in [0.1, 0.15) is 5.75 Å². The van der Waals surface area contributed by atoms with Gasteiger partial charge < -0.3 is 19.1 Å². The molecule has 0 bridgehead atoms. The number of fused-ring (bicyclic) bond motifs is 1. The lowest BCUT2D eigenvalue weighted by molar-refractivity contribution is -0.131. The fourth-order valence-corrected chi connectivity index (χ4v) is 5.48. The van der Waals surface area contributed by atoms with Crippen molar-refractivity contribution < 1.29 is 32.2 Å². The standard InChI is InChI=1S/C24H28N2O7S/c1-17(27)18-4-6-21(31-2)19(14-18)15-24(28)25-8-10-26(11-9-25)34(29,30)20-5-7-22-23(16-20)33-13-3-12-32-22/h4-7,14,16H,3,8-13,15H2,1-2H3. The molecule has 2 heterocycles. The summed E-state index contributed by atoms with van der Waals surface area (Å²) in [5.74, 6) is 1.26. The number of carbonyl (C=O) groups excluding carboxylic acids is 2. The zero-order valence-corrected chi connectivity index (χ0v) is 20.1. The van der Waals surface area contributed by atoms with Gasteiger partial charge in [0.15, 0.2) is 17.3 Å². The lowest BCUT2D eigenvalue weighted by Crippen LogP contribution is -2.50. The highest BCUT2D eigenvalue weighted by Gasteiger charge is 2.31. The van der Waals surface area contributed by atoms with Crippen molar-refractivity contribution in [1.82, 2.24) is 9.21 Å². The minimum absolute atomic E-state index is 0.0687. The minimum atomic E-state index is -3.74. The number of ether oxygens (including phenoxy) is 3. The van der Waals surface area contributed by atoms with E-state index >= 15 is 0 Å². The first kappa shape index (κ1) is 24.0. The highest BCUT2D eigenvalue weighted by molar-refractivity contribution is 7.89. The topological polar surface area (TPSA) is 102 Å². The summed E-state index contributed by atoms with van der Waals surface area (Å²) >= 11 is 0.